The highest BCUT2D eigenvalue weighted by molar-refractivity contribution is 9.10. The molecule has 0 radical (unpaired) electrons. The van der Waals surface area contributed by atoms with Crippen LogP contribution in [0.4, 0.5) is 0 Å². The van der Waals surface area contributed by atoms with Crippen LogP contribution in [0, 0.1) is 0 Å². The summed E-state index contributed by atoms with van der Waals surface area (Å²) >= 11 is 3.48. The van der Waals surface area contributed by atoms with E-state index in [9.17, 15) is 14.1 Å². The maximum absolute atomic E-state index is 13.6. The van der Waals surface area contributed by atoms with Gasteiger partial charge in [-0.2, -0.15) is 0 Å². The molecule has 2 heterocycles. The summed E-state index contributed by atoms with van der Waals surface area (Å²) in [6.45, 7) is 2.13. The number of esters is 1. The molecule has 1 unspecified atom stereocenters. The summed E-state index contributed by atoms with van der Waals surface area (Å²) in [6, 6.07) is 9.09. The van der Waals surface area contributed by atoms with Crippen molar-refractivity contribution >= 4 is 43.6 Å². The van der Waals surface area contributed by atoms with Crippen molar-refractivity contribution in [1.29, 1.82) is 0 Å². The minimum atomic E-state index is -1.46. The molecule has 9 nitrogen and oxygen atoms in total. The number of hydrogen-bond acceptors (Lipinski definition) is 7. The quantitative estimate of drug-likeness (QED) is 0.292. The smallest absolute Gasteiger partial charge is 0.340 e. The molecule has 188 valence electrons. The van der Waals surface area contributed by atoms with Crippen LogP contribution in [0.5, 0.6) is 11.5 Å². The van der Waals surface area contributed by atoms with E-state index in [0.29, 0.717) is 37.3 Å². The number of carbonyl (C=O) groups is 1. The normalized spacial score (nSPS) is 14.2. The van der Waals surface area contributed by atoms with Gasteiger partial charge in [-0.1, -0.05) is 11.3 Å². The van der Waals surface area contributed by atoms with Crippen molar-refractivity contribution in [2.24, 2.45) is 0 Å². The molecule has 1 fully saturated rings. The number of phenols is 1. The van der Waals surface area contributed by atoms with Gasteiger partial charge in [0.05, 0.1) is 58.6 Å². The lowest BCUT2D eigenvalue weighted by atomic mass is 10.0. The first-order valence-corrected chi connectivity index (χ1v) is 13.6. The molecular formula is C25H25BrN4O5S. The summed E-state index contributed by atoms with van der Waals surface area (Å²) in [4.78, 5) is 14.0. The summed E-state index contributed by atoms with van der Waals surface area (Å²) in [5.74, 6) is 0.212. The number of hydrogen-bond donors (Lipinski definition) is 1. The minimum absolute atomic E-state index is 0.0111. The minimum Gasteiger partial charge on any atom is -0.506 e. The SMILES string of the molecule is CCOC(=O)c1c(CS(=O)c2cccc(OC)c2)n(C2CC2)c2cc(Br)c(O)c(Cn3ccnn3)c12. The van der Waals surface area contributed by atoms with E-state index < -0.39 is 16.8 Å². The first-order chi connectivity index (χ1) is 17.4. The van der Waals surface area contributed by atoms with Crippen molar-refractivity contribution in [2.45, 2.75) is 43.0 Å². The van der Waals surface area contributed by atoms with Gasteiger partial charge >= 0.3 is 5.97 Å². The molecule has 1 atom stereocenters. The van der Waals surface area contributed by atoms with Crippen LogP contribution in [-0.4, -0.2) is 48.6 Å². The number of carbonyl (C=O) groups excluding carboxylic acids is 1. The lowest BCUT2D eigenvalue weighted by Gasteiger charge is -2.12. The Morgan fingerprint density at radius 2 is 2.11 bits per heavy atom. The number of benzene rings is 2. The third-order valence-corrected chi connectivity index (χ3v) is 8.10. The second-order valence-corrected chi connectivity index (χ2v) is 10.8. The summed E-state index contributed by atoms with van der Waals surface area (Å²) in [5.41, 5.74) is 2.25. The second-order valence-electron chi connectivity index (χ2n) is 8.49. The molecular weight excluding hydrogens is 548 g/mol. The van der Waals surface area contributed by atoms with E-state index >= 15 is 0 Å². The highest BCUT2D eigenvalue weighted by Crippen LogP contribution is 2.46. The molecule has 2 aromatic heterocycles. The zero-order valence-corrected chi connectivity index (χ0v) is 22.2. The Morgan fingerprint density at radius 1 is 1.31 bits per heavy atom. The number of phenolic OH excluding ortho intramolecular Hbond substituents is 1. The first kappa shape index (κ1) is 24.5. The zero-order chi connectivity index (χ0) is 25.4. The second kappa shape index (κ2) is 10.1. The summed E-state index contributed by atoms with van der Waals surface area (Å²) in [6.07, 6.45) is 5.13. The maximum Gasteiger partial charge on any atom is 0.340 e. The molecule has 0 spiro atoms. The van der Waals surface area contributed by atoms with Gasteiger partial charge in [-0.15, -0.1) is 5.10 Å². The molecule has 4 aromatic rings. The zero-order valence-electron chi connectivity index (χ0n) is 19.8. The van der Waals surface area contributed by atoms with Crippen molar-refractivity contribution in [1.82, 2.24) is 19.6 Å². The number of aromatic nitrogens is 4. The molecule has 1 aliphatic rings. The molecule has 11 heteroatoms. The highest BCUT2D eigenvalue weighted by Gasteiger charge is 2.35. The summed E-state index contributed by atoms with van der Waals surface area (Å²) in [5, 5.41) is 19.5. The van der Waals surface area contributed by atoms with E-state index in [4.69, 9.17) is 9.47 Å². The number of aromatic hydroxyl groups is 1. The van der Waals surface area contributed by atoms with Gasteiger partial charge in [-0.25, -0.2) is 9.48 Å². The lowest BCUT2D eigenvalue weighted by Crippen LogP contribution is -2.12. The molecule has 1 saturated carbocycles. The Labute approximate surface area is 218 Å². The van der Waals surface area contributed by atoms with Crippen LogP contribution in [0.1, 0.15) is 47.4 Å². The number of ether oxygens (including phenoxy) is 2. The van der Waals surface area contributed by atoms with E-state index in [1.165, 1.54) is 0 Å². The largest absolute Gasteiger partial charge is 0.506 e. The fourth-order valence-electron chi connectivity index (χ4n) is 4.45. The molecule has 0 amide bonds. The van der Waals surface area contributed by atoms with Crippen molar-refractivity contribution in [3.63, 3.8) is 0 Å². The van der Waals surface area contributed by atoms with Crippen LogP contribution in [-0.2, 0) is 27.8 Å². The number of fused-ring (bicyclic) bond motifs is 1. The van der Waals surface area contributed by atoms with E-state index in [-0.39, 0.29) is 30.7 Å². The standard InChI is InChI=1S/C25H25BrN4O5S/c1-3-35-25(32)23-21(14-36(33)17-6-4-5-16(11-17)34-2)30(15-7-8-15)20-12-19(26)24(31)18(22(20)23)13-29-10-9-27-28-29/h4-6,9-12,15,31H,3,7-8,13-14H2,1-2H3. The molecule has 0 aliphatic heterocycles. The Morgan fingerprint density at radius 3 is 2.78 bits per heavy atom. The predicted molar refractivity (Wildman–Crippen MR) is 138 cm³/mol. The van der Waals surface area contributed by atoms with Crippen LogP contribution in [0.25, 0.3) is 10.9 Å². The Hall–Kier alpha value is -3.18. The van der Waals surface area contributed by atoms with Crippen LogP contribution in [0.3, 0.4) is 0 Å². The van der Waals surface area contributed by atoms with Gasteiger partial charge in [0.1, 0.15) is 11.5 Å². The molecule has 36 heavy (non-hydrogen) atoms. The Kier molecular flexibility index (Phi) is 6.85. The first-order valence-electron chi connectivity index (χ1n) is 11.5. The molecule has 0 bridgehead atoms. The Balaban J connectivity index is 1.74. The molecule has 5 rings (SSSR count). The fraction of sp³-hybridized carbons (Fsp3) is 0.320. The van der Waals surface area contributed by atoms with Crippen LogP contribution < -0.4 is 4.74 Å². The van der Waals surface area contributed by atoms with Crippen LogP contribution in [0.2, 0.25) is 0 Å². The molecule has 1 aliphatic carbocycles. The fourth-order valence-corrected chi connectivity index (χ4v) is 6.09. The number of nitrogens with zero attached hydrogens (tertiary/aromatic N) is 4. The predicted octanol–water partition coefficient (Wildman–Crippen LogP) is 4.58. The number of methoxy groups -OCH3 is 1. The van der Waals surface area contributed by atoms with Gasteiger partial charge < -0.3 is 19.1 Å². The number of rotatable bonds is 9. The topological polar surface area (TPSA) is 108 Å². The average molecular weight is 573 g/mol. The van der Waals surface area contributed by atoms with E-state index in [2.05, 4.69) is 30.8 Å². The number of halogens is 1. The van der Waals surface area contributed by atoms with Gasteiger partial charge in [0, 0.05) is 33.8 Å². The van der Waals surface area contributed by atoms with Gasteiger partial charge in [-0.3, -0.25) is 4.21 Å². The maximum atomic E-state index is 13.6. The molecule has 2 aromatic carbocycles. The van der Waals surface area contributed by atoms with Gasteiger partial charge in [0.2, 0.25) is 0 Å². The van der Waals surface area contributed by atoms with Crippen LogP contribution >= 0.6 is 15.9 Å². The monoisotopic (exact) mass is 572 g/mol. The Bertz CT molecular complexity index is 1460. The van der Waals surface area contributed by atoms with Gasteiger partial charge in [0.25, 0.3) is 0 Å². The third kappa shape index (κ3) is 4.53. The molecule has 1 N–H and O–H groups in total. The third-order valence-electron chi connectivity index (χ3n) is 6.18. The highest BCUT2D eigenvalue weighted by atomic mass is 79.9. The van der Waals surface area contributed by atoms with Gasteiger partial charge in [-0.05, 0) is 60.0 Å². The summed E-state index contributed by atoms with van der Waals surface area (Å²) < 4.78 is 28.5. The lowest BCUT2D eigenvalue weighted by molar-refractivity contribution is 0.0527. The van der Waals surface area contributed by atoms with Crippen molar-refractivity contribution in [3.8, 4) is 11.5 Å². The van der Waals surface area contributed by atoms with Gasteiger partial charge in [0.15, 0.2) is 0 Å². The van der Waals surface area contributed by atoms with E-state index in [1.807, 2.05) is 6.07 Å². The molecule has 0 saturated heterocycles. The van der Waals surface area contributed by atoms with Crippen LogP contribution in [0.15, 0.2) is 52.1 Å². The average Bonchev–Trinajstić information content (AvgIpc) is 3.48. The van der Waals surface area contributed by atoms with Crippen molar-refractivity contribution in [2.75, 3.05) is 13.7 Å². The van der Waals surface area contributed by atoms with Crippen molar-refractivity contribution in [3.05, 3.63) is 64.0 Å². The summed E-state index contributed by atoms with van der Waals surface area (Å²) in [7, 11) is 0.100. The van der Waals surface area contributed by atoms with E-state index in [0.717, 1.165) is 18.4 Å². The van der Waals surface area contributed by atoms with E-state index in [1.54, 1.807) is 55.4 Å². The van der Waals surface area contributed by atoms with Crippen molar-refractivity contribution < 1.29 is 23.6 Å².